The predicted molar refractivity (Wildman–Crippen MR) is 89.5 cm³/mol. The molecule has 23 heavy (non-hydrogen) atoms. The second-order valence-electron chi connectivity index (χ2n) is 5.83. The molecule has 2 heterocycles. The average Bonchev–Trinajstić information content (AvgIpc) is 2.59. The molecule has 1 aliphatic rings. The molecule has 1 aromatic carbocycles. The molecule has 5 heteroatoms. The fraction of sp³-hybridized carbons (Fsp3) is 0.389. The quantitative estimate of drug-likeness (QED) is 0.868. The number of aromatic nitrogens is 1. The van der Waals surface area contributed by atoms with Crippen molar-refractivity contribution in [2.75, 3.05) is 34.9 Å². The van der Waals surface area contributed by atoms with Crippen LogP contribution in [0.3, 0.4) is 0 Å². The van der Waals surface area contributed by atoms with E-state index in [0.29, 0.717) is 18.5 Å². The van der Waals surface area contributed by atoms with Crippen molar-refractivity contribution >= 4 is 0 Å². The number of likely N-dealkylation sites (N-methyl/N-ethyl adjacent to an activating group) is 1. The number of methoxy groups -OCH3 is 2. The molecule has 1 aromatic heterocycles. The van der Waals surface area contributed by atoms with Gasteiger partial charge in [0.25, 0.3) is 0 Å². The molecule has 0 N–H and O–H groups in total. The highest BCUT2D eigenvalue weighted by atomic mass is 16.5. The third-order valence-electron chi connectivity index (χ3n) is 4.22. The topological polar surface area (TPSA) is 43.8 Å². The van der Waals surface area contributed by atoms with E-state index in [1.807, 2.05) is 24.3 Å². The molecule has 0 aliphatic carbocycles. The molecule has 0 fully saturated rings. The molecule has 0 saturated heterocycles. The van der Waals surface area contributed by atoms with Gasteiger partial charge in [-0.05, 0) is 38.7 Å². The molecule has 0 saturated carbocycles. The minimum absolute atomic E-state index is 0.385. The standard InChI is InChI=1S/C18H22N2O3/c1-20(2)13-10-12-8-9-14(19-18(12)23-11-13)17-15(21-3)6-5-7-16(17)22-4/h5-9,13H,10-11H2,1-4H3. The largest absolute Gasteiger partial charge is 0.496 e. The van der Waals surface area contributed by atoms with Crippen LogP contribution in [0.15, 0.2) is 30.3 Å². The van der Waals surface area contributed by atoms with E-state index in [2.05, 4.69) is 25.1 Å². The fourth-order valence-electron chi connectivity index (χ4n) is 2.81. The smallest absolute Gasteiger partial charge is 0.217 e. The monoisotopic (exact) mass is 314 g/mol. The Bertz CT molecular complexity index is 678. The normalized spacial score (nSPS) is 16.7. The lowest BCUT2D eigenvalue weighted by molar-refractivity contribution is 0.160. The van der Waals surface area contributed by atoms with Gasteiger partial charge < -0.3 is 19.1 Å². The van der Waals surface area contributed by atoms with Gasteiger partial charge in [0.2, 0.25) is 5.88 Å². The average molecular weight is 314 g/mol. The summed E-state index contributed by atoms with van der Waals surface area (Å²) in [4.78, 5) is 6.87. The van der Waals surface area contributed by atoms with Crippen molar-refractivity contribution in [2.45, 2.75) is 12.5 Å². The van der Waals surface area contributed by atoms with Crippen LogP contribution in [0.2, 0.25) is 0 Å². The first-order chi connectivity index (χ1) is 11.1. The van der Waals surface area contributed by atoms with Crippen molar-refractivity contribution in [3.05, 3.63) is 35.9 Å². The summed E-state index contributed by atoms with van der Waals surface area (Å²) in [5, 5.41) is 0. The molecule has 0 spiro atoms. The number of hydrogen-bond donors (Lipinski definition) is 0. The molecule has 5 nitrogen and oxygen atoms in total. The summed E-state index contributed by atoms with van der Waals surface area (Å²) < 4.78 is 16.8. The fourth-order valence-corrected chi connectivity index (χ4v) is 2.81. The minimum Gasteiger partial charge on any atom is -0.496 e. The highest BCUT2D eigenvalue weighted by Crippen LogP contribution is 2.38. The van der Waals surface area contributed by atoms with Gasteiger partial charge in [-0.25, -0.2) is 4.98 Å². The third kappa shape index (κ3) is 2.97. The summed E-state index contributed by atoms with van der Waals surface area (Å²) in [5.41, 5.74) is 2.77. The van der Waals surface area contributed by atoms with E-state index in [0.717, 1.165) is 34.7 Å². The summed E-state index contributed by atoms with van der Waals surface area (Å²) >= 11 is 0. The first-order valence-electron chi connectivity index (χ1n) is 7.64. The molecule has 3 rings (SSSR count). The number of fused-ring (bicyclic) bond motifs is 1. The van der Waals surface area contributed by atoms with E-state index < -0.39 is 0 Å². The molecule has 2 aromatic rings. The molecule has 1 aliphatic heterocycles. The Morgan fingerprint density at radius 2 is 1.78 bits per heavy atom. The molecule has 122 valence electrons. The Kier molecular flexibility index (Phi) is 4.39. The maximum absolute atomic E-state index is 5.87. The van der Waals surface area contributed by atoms with Crippen LogP contribution in [0.5, 0.6) is 17.4 Å². The molecule has 0 amide bonds. The van der Waals surface area contributed by atoms with Crippen molar-refractivity contribution in [2.24, 2.45) is 0 Å². The van der Waals surface area contributed by atoms with E-state index in [-0.39, 0.29) is 0 Å². The first kappa shape index (κ1) is 15.6. The number of rotatable bonds is 4. The van der Waals surface area contributed by atoms with Gasteiger partial charge >= 0.3 is 0 Å². The van der Waals surface area contributed by atoms with Gasteiger partial charge in [0.15, 0.2) is 0 Å². The van der Waals surface area contributed by atoms with Crippen molar-refractivity contribution in [1.82, 2.24) is 9.88 Å². The summed E-state index contributed by atoms with van der Waals surface area (Å²) in [6.45, 7) is 0.652. The molecular formula is C18H22N2O3. The molecule has 0 bridgehead atoms. The van der Waals surface area contributed by atoms with E-state index in [4.69, 9.17) is 19.2 Å². The number of pyridine rings is 1. The molecule has 0 radical (unpaired) electrons. The minimum atomic E-state index is 0.385. The highest BCUT2D eigenvalue weighted by molar-refractivity contribution is 5.74. The lowest BCUT2D eigenvalue weighted by atomic mass is 10.0. The summed E-state index contributed by atoms with van der Waals surface area (Å²) in [7, 11) is 7.44. The van der Waals surface area contributed by atoms with Crippen LogP contribution in [-0.2, 0) is 6.42 Å². The van der Waals surface area contributed by atoms with E-state index in [1.54, 1.807) is 14.2 Å². The van der Waals surface area contributed by atoms with Crippen molar-refractivity contribution in [1.29, 1.82) is 0 Å². The summed E-state index contributed by atoms with van der Waals surface area (Å²) in [5.74, 6) is 2.17. The lowest BCUT2D eigenvalue weighted by Gasteiger charge is -2.29. The number of benzene rings is 1. The van der Waals surface area contributed by atoms with Crippen LogP contribution < -0.4 is 14.2 Å². The Morgan fingerprint density at radius 1 is 1.09 bits per heavy atom. The number of hydrogen-bond acceptors (Lipinski definition) is 5. The van der Waals surface area contributed by atoms with Crippen LogP contribution in [0.4, 0.5) is 0 Å². The molecular weight excluding hydrogens is 292 g/mol. The SMILES string of the molecule is COc1cccc(OC)c1-c1ccc2c(n1)OCC(N(C)C)C2. The van der Waals surface area contributed by atoms with Gasteiger partial charge in [0.1, 0.15) is 18.1 Å². The van der Waals surface area contributed by atoms with Crippen LogP contribution in [-0.4, -0.2) is 50.8 Å². The van der Waals surface area contributed by atoms with Crippen LogP contribution >= 0.6 is 0 Å². The predicted octanol–water partition coefficient (Wildman–Crippen LogP) is 2.63. The van der Waals surface area contributed by atoms with Gasteiger partial charge in [-0.2, -0.15) is 0 Å². The van der Waals surface area contributed by atoms with Gasteiger partial charge in [-0.3, -0.25) is 0 Å². The van der Waals surface area contributed by atoms with Crippen LogP contribution in [0.25, 0.3) is 11.3 Å². The zero-order valence-corrected chi connectivity index (χ0v) is 14.0. The summed E-state index contributed by atoms with van der Waals surface area (Å²) in [6.07, 6.45) is 0.943. The van der Waals surface area contributed by atoms with Crippen LogP contribution in [0, 0.1) is 0 Å². The number of ether oxygens (including phenoxy) is 3. The second kappa shape index (κ2) is 6.46. The lowest BCUT2D eigenvalue weighted by Crippen LogP contribution is -2.38. The van der Waals surface area contributed by atoms with Gasteiger partial charge in [0, 0.05) is 11.6 Å². The zero-order chi connectivity index (χ0) is 16.4. The van der Waals surface area contributed by atoms with Gasteiger partial charge in [-0.15, -0.1) is 0 Å². The Labute approximate surface area is 136 Å². The zero-order valence-electron chi connectivity index (χ0n) is 14.0. The van der Waals surface area contributed by atoms with E-state index in [9.17, 15) is 0 Å². The third-order valence-corrected chi connectivity index (χ3v) is 4.22. The van der Waals surface area contributed by atoms with Crippen molar-refractivity contribution < 1.29 is 14.2 Å². The first-order valence-corrected chi connectivity index (χ1v) is 7.64. The maximum Gasteiger partial charge on any atom is 0.217 e. The van der Waals surface area contributed by atoms with E-state index in [1.165, 1.54) is 0 Å². The van der Waals surface area contributed by atoms with Gasteiger partial charge in [-0.1, -0.05) is 12.1 Å². The van der Waals surface area contributed by atoms with E-state index >= 15 is 0 Å². The highest BCUT2D eigenvalue weighted by Gasteiger charge is 2.24. The van der Waals surface area contributed by atoms with Crippen molar-refractivity contribution in [3.63, 3.8) is 0 Å². The Hall–Kier alpha value is -2.27. The van der Waals surface area contributed by atoms with Crippen LogP contribution in [0.1, 0.15) is 5.56 Å². The molecule has 1 unspecified atom stereocenters. The van der Waals surface area contributed by atoms with Crippen molar-refractivity contribution in [3.8, 4) is 28.6 Å². The maximum atomic E-state index is 5.87. The molecule has 1 atom stereocenters. The Morgan fingerprint density at radius 3 is 2.39 bits per heavy atom. The number of nitrogens with zero attached hydrogens (tertiary/aromatic N) is 2. The van der Waals surface area contributed by atoms with Gasteiger partial charge in [0.05, 0.1) is 25.5 Å². The second-order valence-corrected chi connectivity index (χ2v) is 5.83. The Balaban J connectivity index is 2.01. The summed E-state index contributed by atoms with van der Waals surface area (Å²) in [6, 6.07) is 10.2.